The molecule has 3 N–H and O–H groups in total. The summed E-state index contributed by atoms with van der Waals surface area (Å²) in [6, 6.07) is 13.8. The molecule has 2 aromatic carbocycles. The molecule has 0 saturated carbocycles. The average Bonchev–Trinajstić information content (AvgIpc) is 3.41. The number of amides is 4. The summed E-state index contributed by atoms with van der Waals surface area (Å²) < 4.78 is 19.0. The van der Waals surface area contributed by atoms with Crippen molar-refractivity contribution in [2.24, 2.45) is 0 Å². The van der Waals surface area contributed by atoms with Crippen LogP contribution in [0, 0.1) is 0 Å². The molecule has 258 valence electrons. The van der Waals surface area contributed by atoms with E-state index in [2.05, 4.69) is 33.6 Å². The second-order valence-electron chi connectivity index (χ2n) is 12.3. The summed E-state index contributed by atoms with van der Waals surface area (Å²) in [6.07, 6.45) is -0.438. The van der Waals surface area contributed by atoms with Crippen molar-refractivity contribution in [2.75, 3.05) is 33.4 Å². The fraction of sp³-hybridized carbons (Fsp3) is 0.514. The number of carbonyl (C=O) groups excluding carboxylic acids is 3. The molecule has 12 heteroatoms. The summed E-state index contributed by atoms with van der Waals surface area (Å²) in [5.74, 6) is 0.0112. The van der Waals surface area contributed by atoms with Gasteiger partial charge in [0, 0.05) is 44.5 Å². The van der Waals surface area contributed by atoms with Crippen molar-refractivity contribution in [2.45, 2.75) is 85.4 Å². The van der Waals surface area contributed by atoms with E-state index >= 15 is 0 Å². The van der Waals surface area contributed by atoms with Gasteiger partial charge in [0.25, 0.3) is 0 Å². The third-order valence-corrected chi connectivity index (χ3v) is 8.18. The molecule has 0 bridgehead atoms. The first-order valence-electron chi connectivity index (χ1n) is 16.2. The Labute approximate surface area is 282 Å². The molecule has 0 aliphatic heterocycles. The summed E-state index contributed by atoms with van der Waals surface area (Å²) >= 11 is 1.62. The Hall–Kier alpha value is -3.71. The first-order valence-corrected chi connectivity index (χ1v) is 17.0. The van der Waals surface area contributed by atoms with Gasteiger partial charge in [-0.05, 0) is 88.6 Å². The van der Waals surface area contributed by atoms with Crippen molar-refractivity contribution >= 4 is 39.3 Å². The number of ether oxygens (including phenoxy) is 3. The minimum absolute atomic E-state index is 0.162. The van der Waals surface area contributed by atoms with Crippen molar-refractivity contribution in [1.29, 1.82) is 0 Å². The molecule has 2 unspecified atom stereocenters. The minimum atomic E-state index is -0.925. The molecule has 0 aliphatic rings. The van der Waals surface area contributed by atoms with Gasteiger partial charge >= 0.3 is 6.03 Å². The smallest absolute Gasteiger partial charge is 0.329 e. The molecule has 47 heavy (non-hydrogen) atoms. The normalized spacial score (nSPS) is 13.0. The fourth-order valence-electron chi connectivity index (χ4n) is 5.11. The molecule has 0 saturated heterocycles. The first kappa shape index (κ1) is 37.7. The molecule has 3 rings (SSSR count). The molecule has 0 spiro atoms. The number of thiophene rings is 1. The van der Waals surface area contributed by atoms with Crippen LogP contribution in [0.4, 0.5) is 4.79 Å². The minimum Gasteiger partial charge on any atom is -0.488 e. The van der Waals surface area contributed by atoms with E-state index in [0.29, 0.717) is 32.1 Å². The summed E-state index contributed by atoms with van der Waals surface area (Å²) in [5, 5.41) is 10.1. The molecule has 3 aromatic rings. The van der Waals surface area contributed by atoms with Crippen LogP contribution in [0.2, 0.25) is 0 Å². The lowest BCUT2D eigenvalue weighted by atomic mass is 10.0. The number of hydrogen-bond donors (Lipinski definition) is 3. The third kappa shape index (κ3) is 11.8. The molecule has 1 aromatic heterocycles. The van der Waals surface area contributed by atoms with Gasteiger partial charge in [-0.1, -0.05) is 30.3 Å². The van der Waals surface area contributed by atoms with Gasteiger partial charge in [-0.15, -0.1) is 11.3 Å². The number of rotatable bonds is 17. The van der Waals surface area contributed by atoms with Gasteiger partial charge in [-0.3, -0.25) is 15.0 Å². The number of hydrazine groups is 1. The molecular formula is C35H51N5O6S. The number of nitrogens with one attached hydrogen (secondary N) is 3. The molecular weight excluding hydrogens is 618 g/mol. The molecule has 11 nitrogen and oxygen atoms in total. The zero-order valence-electron chi connectivity index (χ0n) is 28.9. The van der Waals surface area contributed by atoms with Crippen molar-refractivity contribution in [3.63, 3.8) is 0 Å². The summed E-state index contributed by atoms with van der Waals surface area (Å²) in [5.41, 5.74) is 4.08. The van der Waals surface area contributed by atoms with Crippen LogP contribution in [0.3, 0.4) is 0 Å². The Morgan fingerprint density at radius 2 is 1.62 bits per heavy atom. The number of urea groups is 1. The SMILES string of the molecule is CCNC(=O)NN(C)CC(=O)NC(Cc1ccc(OC(C)(C)C)cc1)C(=O)N(Cc1csc2ccccc12)C(C)C(OCC)OCC. The lowest BCUT2D eigenvalue weighted by Gasteiger charge is -2.36. The quantitative estimate of drug-likeness (QED) is 0.135. The second kappa shape index (κ2) is 18.0. The lowest BCUT2D eigenvalue weighted by molar-refractivity contribution is -0.179. The Bertz CT molecular complexity index is 1430. The van der Waals surface area contributed by atoms with E-state index < -0.39 is 30.3 Å². The van der Waals surface area contributed by atoms with Crippen LogP contribution in [0.25, 0.3) is 10.1 Å². The van der Waals surface area contributed by atoms with Gasteiger partial charge in [0.05, 0.1) is 12.6 Å². The molecule has 0 aliphatic carbocycles. The van der Waals surface area contributed by atoms with Crippen molar-refractivity contribution in [1.82, 2.24) is 26.0 Å². The highest BCUT2D eigenvalue weighted by Crippen LogP contribution is 2.28. The van der Waals surface area contributed by atoms with Crippen LogP contribution in [0.1, 0.15) is 59.6 Å². The average molecular weight is 670 g/mol. The summed E-state index contributed by atoms with van der Waals surface area (Å²) in [7, 11) is 1.59. The van der Waals surface area contributed by atoms with Crippen LogP contribution in [0.5, 0.6) is 5.75 Å². The van der Waals surface area contributed by atoms with E-state index in [4.69, 9.17) is 14.2 Å². The molecule has 4 amide bonds. The topological polar surface area (TPSA) is 121 Å². The predicted molar refractivity (Wildman–Crippen MR) is 186 cm³/mol. The zero-order valence-corrected chi connectivity index (χ0v) is 29.7. The standard InChI is InChI=1S/C35H51N5O6S/c1-9-36-34(43)38-39(8)22-31(41)37-29(20-25-16-18-27(19-17-25)46-35(5,6)7)32(42)40(24(4)33(44-10-2)45-11-3)21-26-23-47-30-15-13-12-14-28(26)30/h12-19,23-24,29,33H,9-11,20-22H2,1-8H3,(H,37,41)(H2,36,38,43). The Kier molecular flexibility index (Phi) is 14.5. The Morgan fingerprint density at radius 1 is 0.957 bits per heavy atom. The van der Waals surface area contributed by atoms with Gasteiger partial charge in [-0.2, -0.15) is 0 Å². The Morgan fingerprint density at radius 3 is 2.23 bits per heavy atom. The van der Waals surface area contributed by atoms with Crippen molar-refractivity contribution in [3.05, 3.63) is 65.0 Å². The maximum Gasteiger partial charge on any atom is 0.329 e. The van der Waals surface area contributed by atoms with E-state index in [9.17, 15) is 14.4 Å². The zero-order chi connectivity index (χ0) is 34.6. The van der Waals surface area contributed by atoms with Gasteiger partial charge in [-0.25, -0.2) is 9.80 Å². The molecule has 0 radical (unpaired) electrons. The third-order valence-electron chi connectivity index (χ3n) is 7.16. The van der Waals surface area contributed by atoms with Gasteiger partial charge in [0.1, 0.15) is 17.4 Å². The lowest BCUT2D eigenvalue weighted by Crippen LogP contribution is -2.56. The van der Waals surface area contributed by atoms with Crippen LogP contribution in [0.15, 0.2) is 53.9 Å². The monoisotopic (exact) mass is 669 g/mol. The van der Waals surface area contributed by atoms with E-state index in [-0.39, 0.29) is 24.5 Å². The van der Waals surface area contributed by atoms with E-state index in [0.717, 1.165) is 21.2 Å². The molecule has 1 heterocycles. The number of fused-ring (bicyclic) bond motifs is 1. The Balaban J connectivity index is 1.96. The van der Waals surface area contributed by atoms with Crippen molar-refractivity contribution < 1.29 is 28.6 Å². The van der Waals surface area contributed by atoms with Gasteiger partial charge < -0.3 is 29.7 Å². The highest BCUT2D eigenvalue weighted by atomic mass is 32.1. The molecule has 2 atom stereocenters. The van der Waals surface area contributed by atoms with Crippen molar-refractivity contribution in [3.8, 4) is 5.75 Å². The highest BCUT2D eigenvalue weighted by molar-refractivity contribution is 7.17. The number of hydrogen-bond acceptors (Lipinski definition) is 8. The maximum atomic E-state index is 14.7. The molecule has 0 fully saturated rings. The van der Waals surface area contributed by atoms with Gasteiger partial charge in [0.15, 0.2) is 6.29 Å². The maximum absolute atomic E-state index is 14.7. The fourth-order valence-corrected chi connectivity index (χ4v) is 6.07. The van der Waals surface area contributed by atoms with E-state index in [1.165, 1.54) is 5.01 Å². The van der Waals surface area contributed by atoms with Crippen LogP contribution >= 0.6 is 11.3 Å². The number of carbonyl (C=O) groups is 3. The second-order valence-corrected chi connectivity index (χ2v) is 13.2. The van der Waals surface area contributed by atoms with E-state index in [1.54, 1.807) is 30.2 Å². The number of benzene rings is 2. The predicted octanol–water partition coefficient (Wildman–Crippen LogP) is 5.09. The van der Waals surface area contributed by atoms with Crippen LogP contribution < -0.4 is 20.8 Å². The highest BCUT2D eigenvalue weighted by Gasteiger charge is 2.34. The number of nitrogens with zero attached hydrogens (tertiary/aromatic N) is 2. The first-order chi connectivity index (χ1) is 22.3. The number of likely N-dealkylation sites (N-methyl/N-ethyl adjacent to an activating group) is 1. The summed E-state index contributed by atoms with van der Waals surface area (Å²) in [6.45, 7) is 14.8. The largest absolute Gasteiger partial charge is 0.488 e. The van der Waals surface area contributed by atoms with Crippen LogP contribution in [-0.2, 0) is 32.0 Å². The van der Waals surface area contributed by atoms with Crippen LogP contribution in [-0.4, -0.2) is 85.1 Å². The summed E-state index contributed by atoms with van der Waals surface area (Å²) in [4.78, 5) is 41.8. The van der Waals surface area contributed by atoms with E-state index in [1.807, 2.05) is 77.9 Å². The van der Waals surface area contributed by atoms with Gasteiger partial charge in [0.2, 0.25) is 11.8 Å².